The highest BCUT2D eigenvalue weighted by molar-refractivity contribution is 5.94. The number of β-amino-alcohol motifs (C(OH)–C–C–N with tert-alkyl or cyclic N) is 1. The lowest BCUT2D eigenvalue weighted by molar-refractivity contribution is 0.0217. The van der Waals surface area contributed by atoms with E-state index in [0.717, 1.165) is 0 Å². The van der Waals surface area contributed by atoms with Crippen molar-refractivity contribution < 1.29 is 19.7 Å². The van der Waals surface area contributed by atoms with Crippen LogP contribution >= 0.6 is 0 Å². The van der Waals surface area contributed by atoms with E-state index in [2.05, 4.69) is 0 Å². The Bertz CT molecular complexity index is 421. The Hall–Kier alpha value is -1.59. The van der Waals surface area contributed by atoms with Gasteiger partial charge in [0.05, 0.1) is 17.4 Å². The summed E-state index contributed by atoms with van der Waals surface area (Å²) in [7, 11) is 1.54. The predicted octanol–water partition coefficient (Wildman–Crippen LogP) is 0.581. The molecule has 1 saturated heterocycles. The van der Waals surface area contributed by atoms with Crippen LogP contribution < -0.4 is 4.90 Å². The van der Waals surface area contributed by atoms with Gasteiger partial charge in [0.15, 0.2) is 0 Å². The third-order valence-electron chi connectivity index (χ3n) is 3.01. The lowest BCUT2D eigenvalue weighted by Gasteiger charge is -2.19. The molecule has 1 aromatic carbocycles. The molecule has 0 amide bonds. The van der Waals surface area contributed by atoms with Crippen LogP contribution in [-0.2, 0) is 4.74 Å². The SMILES string of the molecule is CO[C@H]1CN(c2ccccc2C(=O)O)C[C@H]1O. The number of nitrogens with zero attached hydrogens (tertiary/aromatic N) is 1. The highest BCUT2D eigenvalue weighted by Crippen LogP contribution is 2.25. The number of hydrogen-bond donors (Lipinski definition) is 2. The molecule has 2 N–H and O–H groups in total. The first-order chi connectivity index (χ1) is 8.13. The zero-order valence-electron chi connectivity index (χ0n) is 9.54. The van der Waals surface area contributed by atoms with Gasteiger partial charge in [-0.1, -0.05) is 12.1 Å². The molecular weight excluding hydrogens is 222 g/mol. The molecule has 1 heterocycles. The Morgan fingerprint density at radius 2 is 2.12 bits per heavy atom. The molecule has 0 spiro atoms. The van der Waals surface area contributed by atoms with Crippen molar-refractivity contribution >= 4 is 11.7 Å². The molecule has 5 heteroatoms. The fourth-order valence-electron chi connectivity index (χ4n) is 2.12. The monoisotopic (exact) mass is 237 g/mol. The molecule has 92 valence electrons. The highest BCUT2D eigenvalue weighted by Gasteiger charge is 2.32. The van der Waals surface area contributed by atoms with Crippen LogP contribution in [0.3, 0.4) is 0 Å². The van der Waals surface area contributed by atoms with E-state index >= 15 is 0 Å². The van der Waals surface area contributed by atoms with Gasteiger partial charge in [-0.15, -0.1) is 0 Å². The number of para-hydroxylation sites is 1. The Kier molecular flexibility index (Phi) is 3.31. The Balaban J connectivity index is 2.27. The van der Waals surface area contributed by atoms with E-state index in [9.17, 15) is 9.90 Å². The molecule has 1 aliphatic rings. The molecule has 0 bridgehead atoms. The van der Waals surface area contributed by atoms with E-state index in [4.69, 9.17) is 9.84 Å². The Morgan fingerprint density at radius 3 is 2.71 bits per heavy atom. The van der Waals surface area contributed by atoms with Gasteiger partial charge < -0.3 is 19.8 Å². The van der Waals surface area contributed by atoms with Crippen molar-refractivity contribution in [3.63, 3.8) is 0 Å². The zero-order chi connectivity index (χ0) is 12.4. The first-order valence-electron chi connectivity index (χ1n) is 5.41. The summed E-state index contributed by atoms with van der Waals surface area (Å²) in [5.41, 5.74) is 0.870. The maximum atomic E-state index is 11.1. The van der Waals surface area contributed by atoms with Gasteiger partial charge in [-0.2, -0.15) is 0 Å². The van der Waals surface area contributed by atoms with Gasteiger partial charge in [0, 0.05) is 20.2 Å². The summed E-state index contributed by atoms with van der Waals surface area (Å²) in [4.78, 5) is 12.9. The summed E-state index contributed by atoms with van der Waals surface area (Å²) in [6, 6.07) is 6.78. The van der Waals surface area contributed by atoms with Crippen LogP contribution in [0.25, 0.3) is 0 Å². The molecular formula is C12H15NO4. The van der Waals surface area contributed by atoms with Gasteiger partial charge in [-0.05, 0) is 12.1 Å². The van der Waals surface area contributed by atoms with Crippen molar-refractivity contribution in [1.29, 1.82) is 0 Å². The predicted molar refractivity (Wildman–Crippen MR) is 62.4 cm³/mol. The smallest absolute Gasteiger partial charge is 0.337 e. The minimum Gasteiger partial charge on any atom is -0.478 e. The average Bonchev–Trinajstić information content (AvgIpc) is 2.70. The summed E-state index contributed by atoms with van der Waals surface area (Å²) in [6.45, 7) is 0.894. The number of anilines is 1. The van der Waals surface area contributed by atoms with Crippen LogP contribution in [0.15, 0.2) is 24.3 Å². The van der Waals surface area contributed by atoms with Crippen molar-refractivity contribution in [3.05, 3.63) is 29.8 Å². The van der Waals surface area contributed by atoms with Crippen molar-refractivity contribution in [2.24, 2.45) is 0 Å². The first kappa shape index (κ1) is 11.9. The van der Waals surface area contributed by atoms with E-state index in [0.29, 0.717) is 18.8 Å². The summed E-state index contributed by atoms with van der Waals surface area (Å²) < 4.78 is 5.14. The summed E-state index contributed by atoms with van der Waals surface area (Å²) in [6.07, 6.45) is -0.848. The van der Waals surface area contributed by atoms with Crippen LogP contribution in [0, 0.1) is 0 Å². The average molecular weight is 237 g/mol. The number of aromatic carboxylic acids is 1. The summed E-state index contributed by atoms with van der Waals surface area (Å²) >= 11 is 0. The molecule has 2 rings (SSSR count). The van der Waals surface area contributed by atoms with Crippen LogP contribution in [0.5, 0.6) is 0 Å². The number of rotatable bonds is 3. The number of carboxylic acids is 1. The van der Waals surface area contributed by atoms with Crippen molar-refractivity contribution in [1.82, 2.24) is 0 Å². The van der Waals surface area contributed by atoms with Gasteiger partial charge in [0.1, 0.15) is 6.10 Å². The molecule has 0 unspecified atom stereocenters. The minimum atomic E-state index is -0.962. The second kappa shape index (κ2) is 4.73. The minimum absolute atomic E-state index is 0.247. The second-order valence-corrected chi connectivity index (χ2v) is 4.07. The third-order valence-corrected chi connectivity index (χ3v) is 3.01. The number of carboxylic acid groups (broad SMARTS) is 1. The second-order valence-electron chi connectivity index (χ2n) is 4.07. The fraction of sp³-hybridized carbons (Fsp3) is 0.417. The van der Waals surface area contributed by atoms with E-state index in [1.54, 1.807) is 31.4 Å². The normalized spacial score (nSPS) is 24.0. The van der Waals surface area contributed by atoms with Crippen LogP contribution in [0.1, 0.15) is 10.4 Å². The molecule has 5 nitrogen and oxygen atoms in total. The maximum Gasteiger partial charge on any atom is 0.337 e. The van der Waals surface area contributed by atoms with Gasteiger partial charge in [0.25, 0.3) is 0 Å². The van der Waals surface area contributed by atoms with Gasteiger partial charge in [-0.25, -0.2) is 4.79 Å². The number of ether oxygens (including phenoxy) is 1. The quantitative estimate of drug-likeness (QED) is 0.804. The number of carbonyl (C=O) groups is 1. The number of aliphatic hydroxyl groups is 1. The van der Waals surface area contributed by atoms with Crippen molar-refractivity contribution in [2.45, 2.75) is 12.2 Å². The van der Waals surface area contributed by atoms with Crippen LogP contribution in [0.4, 0.5) is 5.69 Å². The molecule has 0 aliphatic carbocycles. The largest absolute Gasteiger partial charge is 0.478 e. The molecule has 1 aliphatic heterocycles. The molecule has 1 fully saturated rings. The number of hydrogen-bond acceptors (Lipinski definition) is 4. The zero-order valence-corrected chi connectivity index (χ0v) is 9.54. The third kappa shape index (κ3) is 2.25. The number of benzene rings is 1. The highest BCUT2D eigenvalue weighted by atomic mass is 16.5. The lowest BCUT2D eigenvalue weighted by Crippen LogP contribution is -2.25. The molecule has 17 heavy (non-hydrogen) atoms. The fourth-order valence-corrected chi connectivity index (χ4v) is 2.12. The molecule has 0 saturated carbocycles. The Labute approximate surface area is 99.2 Å². The molecule has 1 aromatic rings. The standard InChI is InChI=1S/C12H15NO4/c1-17-11-7-13(6-10(11)14)9-5-3-2-4-8(9)12(15)16/h2-5,10-11,14H,6-7H2,1H3,(H,15,16)/t10-,11+/m1/s1. The van der Waals surface area contributed by atoms with Gasteiger partial charge in [0.2, 0.25) is 0 Å². The molecule has 2 atom stereocenters. The van der Waals surface area contributed by atoms with Crippen molar-refractivity contribution in [2.75, 3.05) is 25.1 Å². The van der Waals surface area contributed by atoms with Crippen molar-refractivity contribution in [3.8, 4) is 0 Å². The van der Waals surface area contributed by atoms with E-state index in [1.165, 1.54) is 0 Å². The maximum absolute atomic E-state index is 11.1. The number of methoxy groups -OCH3 is 1. The van der Waals surface area contributed by atoms with Gasteiger partial charge >= 0.3 is 5.97 Å². The lowest BCUT2D eigenvalue weighted by atomic mass is 10.1. The van der Waals surface area contributed by atoms with Gasteiger partial charge in [-0.3, -0.25) is 0 Å². The topological polar surface area (TPSA) is 70.0 Å². The van der Waals surface area contributed by atoms with Crippen LogP contribution in [-0.4, -0.2) is 48.6 Å². The van der Waals surface area contributed by atoms with E-state index in [1.807, 2.05) is 4.90 Å². The number of aliphatic hydroxyl groups excluding tert-OH is 1. The molecule has 0 radical (unpaired) electrons. The van der Waals surface area contributed by atoms with Crippen LogP contribution in [0.2, 0.25) is 0 Å². The summed E-state index contributed by atoms with van der Waals surface area (Å²) in [5, 5.41) is 18.8. The Morgan fingerprint density at radius 1 is 1.41 bits per heavy atom. The first-order valence-corrected chi connectivity index (χ1v) is 5.41. The van der Waals surface area contributed by atoms with E-state index < -0.39 is 12.1 Å². The molecule has 0 aromatic heterocycles. The summed E-state index contributed by atoms with van der Waals surface area (Å²) in [5.74, 6) is -0.962. The van der Waals surface area contributed by atoms with E-state index in [-0.39, 0.29) is 11.7 Å².